The molecule has 0 radical (unpaired) electrons. The zero-order chi connectivity index (χ0) is 18.4. The molecule has 3 rings (SSSR count). The van der Waals surface area contributed by atoms with E-state index in [0.717, 1.165) is 18.8 Å². The van der Waals surface area contributed by atoms with Crippen LogP contribution in [0, 0.1) is 0 Å². The van der Waals surface area contributed by atoms with Crippen molar-refractivity contribution in [1.29, 1.82) is 0 Å². The Balaban J connectivity index is 1.93. The van der Waals surface area contributed by atoms with Crippen molar-refractivity contribution in [3.8, 4) is 0 Å². The van der Waals surface area contributed by atoms with Crippen molar-refractivity contribution in [2.24, 2.45) is 0 Å². The van der Waals surface area contributed by atoms with Crippen molar-refractivity contribution in [3.05, 3.63) is 24.3 Å². The number of hydrogen-bond acceptors (Lipinski definition) is 3. The van der Waals surface area contributed by atoms with Gasteiger partial charge in [0.1, 0.15) is 30.8 Å². The molecule has 1 aromatic carbocycles. The van der Waals surface area contributed by atoms with Crippen LogP contribution in [0.5, 0.6) is 0 Å². The molecular formula is C19H28N3O3+. The number of amides is 2. The summed E-state index contributed by atoms with van der Waals surface area (Å²) in [6.45, 7) is 11.2. The number of carbonyl (C=O) groups excluding carboxylic acids is 2. The number of hydrogen-bond donors (Lipinski definition) is 2. The molecule has 0 bridgehead atoms. The molecule has 136 valence electrons. The van der Waals surface area contributed by atoms with Gasteiger partial charge in [-0.2, -0.15) is 0 Å². The summed E-state index contributed by atoms with van der Waals surface area (Å²) in [4.78, 5) is 28.9. The number of fused-ring (bicyclic) bond motifs is 1. The van der Waals surface area contributed by atoms with Crippen LogP contribution < -0.4 is 15.1 Å². The van der Waals surface area contributed by atoms with Crippen molar-refractivity contribution < 1.29 is 19.2 Å². The van der Waals surface area contributed by atoms with Crippen LogP contribution in [0.2, 0.25) is 0 Å². The van der Waals surface area contributed by atoms with Crippen LogP contribution in [0.1, 0.15) is 34.6 Å². The minimum absolute atomic E-state index is 0.0244. The number of quaternary nitrogens is 1. The number of ether oxygens (including phenoxy) is 1. The first-order valence-electron chi connectivity index (χ1n) is 8.96. The van der Waals surface area contributed by atoms with Gasteiger partial charge in [-0.3, -0.25) is 14.5 Å². The summed E-state index contributed by atoms with van der Waals surface area (Å²) in [5, 5.41) is 2.91. The van der Waals surface area contributed by atoms with E-state index in [1.54, 1.807) is 18.7 Å². The fourth-order valence-electron chi connectivity index (χ4n) is 3.88. The van der Waals surface area contributed by atoms with E-state index in [1.165, 1.54) is 4.90 Å². The van der Waals surface area contributed by atoms with Crippen molar-refractivity contribution in [1.82, 2.24) is 0 Å². The number of para-hydroxylation sites is 2. The smallest absolute Gasteiger partial charge is 0.285 e. The van der Waals surface area contributed by atoms with Crippen molar-refractivity contribution in [3.63, 3.8) is 0 Å². The Morgan fingerprint density at radius 3 is 2.52 bits per heavy atom. The highest BCUT2D eigenvalue weighted by atomic mass is 16.5. The molecule has 2 heterocycles. The van der Waals surface area contributed by atoms with Gasteiger partial charge in [0.15, 0.2) is 6.04 Å². The second-order valence-corrected chi connectivity index (χ2v) is 7.75. The number of nitrogens with zero attached hydrogens (tertiary/aromatic N) is 1. The zero-order valence-electron chi connectivity index (χ0n) is 15.6. The highest BCUT2D eigenvalue weighted by molar-refractivity contribution is 6.14. The van der Waals surface area contributed by atoms with Crippen LogP contribution >= 0.6 is 0 Å². The molecule has 2 amide bonds. The van der Waals surface area contributed by atoms with E-state index >= 15 is 0 Å². The predicted molar refractivity (Wildman–Crippen MR) is 96.8 cm³/mol. The van der Waals surface area contributed by atoms with Gasteiger partial charge >= 0.3 is 0 Å². The summed E-state index contributed by atoms with van der Waals surface area (Å²) in [6, 6.07) is 7.23. The molecular weight excluding hydrogens is 318 g/mol. The highest BCUT2D eigenvalue weighted by Gasteiger charge is 2.47. The molecule has 1 aromatic rings. The van der Waals surface area contributed by atoms with Crippen molar-refractivity contribution in [2.45, 2.75) is 58.4 Å². The SMILES string of the molecule is C[C@@H]1C[NH+]([C@@H](C)C(=O)N2c3ccccc3NC(=O)C2(C)C)C[C@@H](C)O1. The Morgan fingerprint density at radius 1 is 1.28 bits per heavy atom. The molecule has 2 aliphatic rings. The van der Waals surface area contributed by atoms with E-state index in [2.05, 4.69) is 5.32 Å². The first-order chi connectivity index (χ1) is 11.7. The molecule has 0 saturated carbocycles. The maximum absolute atomic E-state index is 13.4. The Hall–Kier alpha value is -1.92. The van der Waals surface area contributed by atoms with Gasteiger partial charge in [0.05, 0.1) is 11.4 Å². The molecule has 1 fully saturated rings. The molecule has 2 N–H and O–H groups in total. The fourth-order valence-corrected chi connectivity index (χ4v) is 3.88. The average molecular weight is 346 g/mol. The molecule has 0 aromatic heterocycles. The van der Waals surface area contributed by atoms with E-state index in [4.69, 9.17) is 4.74 Å². The van der Waals surface area contributed by atoms with Gasteiger partial charge in [-0.15, -0.1) is 0 Å². The van der Waals surface area contributed by atoms with Crippen LogP contribution in [-0.2, 0) is 14.3 Å². The third-order valence-electron chi connectivity index (χ3n) is 5.27. The maximum atomic E-state index is 13.4. The molecule has 0 aliphatic carbocycles. The van der Waals surface area contributed by atoms with Crippen LogP contribution in [0.25, 0.3) is 0 Å². The van der Waals surface area contributed by atoms with E-state index in [0.29, 0.717) is 5.69 Å². The van der Waals surface area contributed by atoms with Crippen LogP contribution in [-0.4, -0.2) is 48.7 Å². The summed E-state index contributed by atoms with van der Waals surface area (Å²) < 4.78 is 5.80. The van der Waals surface area contributed by atoms with E-state index in [9.17, 15) is 9.59 Å². The molecule has 3 atom stereocenters. The minimum atomic E-state index is -0.928. The lowest BCUT2D eigenvalue weighted by Crippen LogP contribution is -3.19. The lowest BCUT2D eigenvalue weighted by molar-refractivity contribution is -0.928. The number of nitrogens with one attached hydrogen (secondary N) is 2. The monoisotopic (exact) mass is 346 g/mol. The zero-order valence-corrected chi connectivity index (χ0v) is 15.6. The Bertz CT molecular complexity index is 678. The first kappa shape index (κ1) is 17.9. The largest absolute Gasteiger partial charge is 0.364 e. The number of morpholine rings is 1. The van der Waals surface area contributed by atoms with Crippen LogP contribution in [0.4, 0.5) is 11.4 Å². The summed E-state index contributed by atoms with van der Waals surface area (Å²) in [6.07, 6.45) is 0.248. The summed E-state index contributed by atoms with van der Waals surface area (Å²) in [7, 11) is 0. The second-order valence-electron chi connectivity index (χ2n) is 7.75. The molecule has 0 unspecified atom stereocenters. The highest BCUT2D eigenvalue weighted by Crippen LogP contribution is 2.36. The lowest BCUT2D eigenvalue weighted by atomic mass is 9.95. The van der Waals surface area contributed by atoms with Gasteiger partial charge in [0.25, 0.3) is 5.91 Å². The maximum Gasteiger partial charge on any atom is 0.285 e. The second kappa shape index (κ2) is 6.42. The van der Waals surface area contributed by atoms with E-state index in [1.807, 2.05) is 45.0 Å². The topological polar surface area (TPSA) is 63.1 Å². The Kier molecular flexibility index (Phi) is 4.60. The van der Waals surface area contributed by atoms with Gasteiger partial charge in [-0.05, 0) is 46.8 Å². The Morgan fingerprint density at radius 2 is 1.88 bits per heavy atom. The minimum Gasteiger partial charge on any atom is -0.364 e. The van der Waals surface area contributed by atoms with Gasteiger partial charge in [-0.25, -0.2) is 0 Å². The van der Waals surface area contributed by atoms with Gasteiger partial charge < -0.3 is 15.0 Å². The molecule has 6 heteroatoms. The molecule has 25 heavy (non-hydrogen) atoms. The average Bonchev–Trinajstić information content (AvgIpc) is 2.53. The quantitative estimate of drug-likeness (QED) is 0.834. The van der Waals surface area contributed by atoms with Gasteiger partial charge in [0.2, 0.25) is 5.91 Å². The molecule has 0 spiro atoms. The summed E-state index contributed by atoms with van der Waals surface area (Å²) in [5.41, 5.74) is 0.520. The molecule has 6 nitrogen and oxygen atoms in total. The predicted octanol–water partition coefficient (Wildman–Crippen LogP) is 0.831. The van der Waals surface area contributed by atoms with E-state index in [-0.39, 0.29) is 30.1 Å². The first-order valence-corrected chi connectivity index (χ1v) is 8.96. The number of carbonyl (C=O) groups is 2. The van der Waals surface area contributed by atoms with Gasteiger partial charge in [-0.1, -0.05) is 12.1 Å². The third-order valence-corrected chi connectivity index (χ3v) is 5.27. The van der Waals surface area contributed by atoms with Crippen molar-refractivity contribution in [2.75, 3.05) is 23.3 Å². The number of anilines is 2. The third kappa shape index (κ3) is 3.16. The van der Waals surface area contributed by atoms with Crippen LogP contribution in [0.15, 0.2) is 24.3 Å². The molecule has 2 aliphatic heterocycles. The van der Waals surface area contributed by atoms with E-state index < -0.39 is 5.54 Å². The summed E-state index contributed by atoms with van der Waals surface area (Å²) >= 11 is 0. The van der Waals surface area contributed by atoms with Crippen molar-refractivity contribution >= 4 is 23.2 Å². The molecule has 1 saturated heterocycles. The fraction of sp³-hybridized carbons (Fsp3) is 0.579. The lowest BCUT2D eigenvalue weighted by Gasteiger charge is -2.44. The standard InChI is InChI=1S/C19H27N3O3/c1-12-10-21(11-13(2)25-12)14(3)17(23)22-16-9-7-6-8-15(16)20-18(24)19(22,4)5/h6-9,12-14H,10-11H2,1-5H3,(H,20,24)/p+1/t12-,13-,14+/m1/s1. The normalized spacial score (nSPS) is 29.6. The number of benzene rings is 1. The summed E-state index contributed by atoms with van der Waals surface area (Å²) in [5.74, 6) is -0.186. The number of rotatable bonds is 2. The Labute approximate surface area is 149 Å². The van der Waals surface area contributed by atoms with Crippen LogP contribution in [0.3, 0.4) is 0 Å². The van der Waals surface area contributed by atoms with Gasteiger partial charge in [0, 0.05) is 0 Å².